The minimum Gasteiger partial charge on any atom is -0.330 e. The Hall–Kier alpha value is -2.09. The van der Waals surface area contributed by atoms with Crippen LogP contribution in [0.15, 0.2) is 54.1 Å². The third-order valence-corrected chi connectivity index (χ3v) is 3.76. The van der Waals surface area contributed by atoms with Gasteiger partial charge in [0.2, 0.25) is 0 Å². The number of carbonyl (C=O) groups excluding carboxylic acids is 1. The van der Waals surface area contributed by atoms with Gasteiger partial charge in [0.05, 0.1) is 0 Å². The first-order valence-corrected chi connectivity index (χ1v) is 7.74. The van der Waals surface area contributed by atoms with Crippen LogP contribution in [0.5, 0.6) is 0 Å². The first-order valence-electron chi connectivity index (χ1n) is 7.74. The van der Waals surface area contributed by atoms with E-state index in [0.29, 0.717) is 6.54 Å². The highest BCUT2D eigenvalue weighted by Crippen LogP contribution is 2.23. The van der Waals surface area contributed by atoms with Crippen molar-refractivity contribution in [2.45, 2.75) is 40.2 Å². The van der Waals surface area contributed by atoms with Gasteiger partial charge in [0.15, 0.2) is 0 Å². The number of allylic oxidation sites excluding steroid dienone is 1. The lowest BCUT2D eigenvalue weighted by Gasteiger charge is -2.35. The highest BCUT2D eigenvalue weighted by atomic mass is 16.2. The Morgan fingerprint density at radius 2 is 1.68 bits per heavy atom. The fourth-order valence-electron chi connectivity index (χ4n) is 2.49. The van der Waals surface area contributed by atoms with Crippen molar-refractivity contribution in [3.05, 3.63) is 59.7 Å². The monoisotopic (exact) mass is 295 g/mol. The van der Waals surface area contributed by atoms with Crippen molar-refractivity contribution in [3.8, 4) is 0 Å². The highest BCUT2D eigenvalue weighted by Gasteiger charge is 2.27. The number of carbonyl (C=O) groups is 1. The van der Waals surface area contributed by atoms with Gasteiger partial charge in [-0.05, 0) is 51.5 Å². The fourth-order valence-corrected chi connectivity index (χ4v) is 2.49. The number of rotatable bonds is 3. The Balaban J connectivity index is 2.47. The topological polar surface area (TPSA) is 20.3 Å². The summed E-state index contributed by atoms with van der Waals surface area (Å²) in [6, 6.07) is 14.0. The molecular formula is C20H25NO. The first-order chi connectivity index (χ1) is 10.3. The van der Waals surface area contributed by atoms with Gasteiger partial charge >= 0.3 is 0 Å². The molecule has 0 radical (unpaired) electrons. The summed E-state index contributed by atoms with van der Waals surface area (Å²) in [6.07, 6.45) is 2.11. The van der Waals surface area contributed by atoms with Crippen molar-refractivity contribution in [1.29, 1.82) is 0 Å². The van der Waals surface area contributed by atoms with Gasteiger partial charge in [0.25, 0.3) is 5.91 Å². The van der Waals surface area contributed by atoms with Crippen molar-refractivity contribution in [1.82, 2.24) is 4.90 Å². The minimum atomic E-state index is -0.222. The van der Waals surface area contributed by atoms with Crippen molar-refractivity contribution >= 4 is 16.7 Å². The van der Waals surface area contributed by atoms with E-state index in [1.807, 2.05) is 47.4 Å². The molecule has 0 spiro atoms. The lowest BCUT2D eigenvalue weighted by molar-refractivity contribution is 0.0618. The van der Waals surface area contributed by atoms with Crippen LogP contribution in [0.1, 0.15) is 45.0 Å². The number of nitrogens with zero attached hydrogens (tertiary/aromatic N) is 1. The molecular weight excluding hydrogens is 270 g/mol. The molecule has 2 heteroatoms. The van der Waals surface area contributed by atoms with Gasteiger partial charge < -0.3 is 4.90 Å². The molecule has 1 amide bonds. The molecule has 0 saturated heterocycles. The molecule has 0 heterocycles. The average Bonchev–Trinajstić information content (AvgIpc) is 2.45. The molecule has 2 nitrogen and oxygen atoms in total. The molecule has 0 aliphatic heterocycles. The van der Waals surface area contributed by atoms with Crippen LogP contribution >= 0.6 is 0 Å². The highest BCUT2D eigenvalue weighted by molar-refractivity contribution is 6.07. The Morgan fingerprint density at radius 1 is 1.05 bits per heavy atom. The predicted octanol–water partition coefficient (Wildman–Crippen LogP) is 5.05. The van der Waals surface area contributed by atoms with Gasteiger partial charge in [-0.25, -0.2) is 0 Å². The normalized spacial score (nSPS) is 11.3. The molecule has 22 heavy (non-hydrogen) atoms. The van der Waals surface area contributed by atoms with E-state index in [4.69, 9.17) is 0 Å². The zero-order chi connectivity index (χ0) is 16.3. The van der Waals surface area contributed by atoms with Crippen molar-refractivity contribution in [2.75, 3.05) is 6.54 Å². The lowest BCUT2D eigenvalue weighted by atomic mass is 10.00. The third kappa shape index (κ3) is 3.56. The van der Waals surface area contributed by atoms with E-state index in [-0.39, 0.29) is 11.4 Å². The van der Waals surface area contributed by atoms with E-state index >= 15 is 0 Å². The summed E-state index contributed by atoms with van der Waals surface area (Å²) in [5.74, 6) is 0.0850. The van der Waals surface area contributed by atoms with Gasteiger partial charge in [-0.1, -0.05) is 48.0 Å². The molecule has 0 unspecified atom stereocenters. The third-order valence-electron chi connectivity index (χ3n) is 3.76. The van der Waals surface area contributed by atoms with Crippen molar-refractivity contribution in [2.24, 2.45) is 0 Å². The quantitative estimate of drug-likeness (QED) is 0.726. The summed E-state index contributed by atoms with van der Waals surface area (Å²) in [7, 11) is 0. The summed E-state index contributed by atoms with van der Waals surface area (Å²) >= 11 is 0. The number of amides is 1. The standard InChI is InChI=1S/C20H25NO/c1-15(2)13-14-21(20(3,4)5)19(22)18-12-8-10-16-9-6-7-11-17(16)18/h6-13H,14H2,1-5H3. The summed E-state index contributed by atoms with van der Waals surface area (Å²) in [6.45, 7) is 11.0. The van der Waals surface area contributed by atoms with E-state index in [2.05, 4.69) is 40.7 Å². The van der Waals surface area contributed by atoms with Gasteiger partial charge in [0.1, 0.15) is 0 Å². The predicted molar refractivity (Wildman–Crippen MR) is 94.2 cm³/mol. The maximum Gasteiger partial charge on any atom is 0.255 e. The van der Waals surface area contributed by atoms with Crippen molar-refractivity contribution < 1.29 is 4.79 Å². The van der Waals surface area contributed by atoms with Crippen LogP contribution in [0.2, 0.25) is 0 Å². The summed E-state index contributed by atoms with van der Waals surface area (Å²) in [4.78, 5) is 15.0. The molecule has 0 aliphatic carbocycles. The van der Waals surface area contributed by atoms with Gasteiger partial charge in [-0.2, -0.15) is 0 Å². The molecule has 2 aromatic carbocycles. The van der Waals surface area contributed by atoms with E-state index in [1.54, 1.807) is 0 Å². The summed E-state index contributed by atoms with van der Waals surface area (Å²) in [5.41, 5.74) is 1.77. The Morgan fingerprint density at radius 3 is 2.32 bits per heavy atom. The van der Waals surface area contributed by atoms with Crippen LogP contribution in [0.4, 0.5) is 0 Å². The van der Waals surface area contributed by atoms with Gasteiger partial charge in [-0.3, -0.25) is 4.79 Å². The number of hydrogen-bond donors (Lipinski definition) is 0. The van der Waals surface area contributed by atoms with Crippen LogP contribution in [0.3, 0.4) is 0 Å². The molecule has 2 aromatic rings. The maximum atomic E-state index is 13.1. The zero-order valence-electron chi connectivity index (χ0n) is 14.2. The molecule has 0 saturated carbocycles. The molecule has 116 valence electrons. The molecule has 2 rings (SSSR count). The molecule has 0 N–H and O–H groups in total. The second-order valence-corrected chi connectivity index (χ2v) is 6.89. The summed E-state index contributed by atoms with van der Waals surface area (Å²) < 4.78 is 0. The van der Waals surface area contributed by atoms with Crippen LogP contribution < -0.4 is 0 Å². The molecule has 0 bridgehead atoms. The second kappa shape index (κ2) is 6.35. The number of hydrogen-bond acceptors (Lipinski definition) is 1. The molecule has 0 aliphatic rings. The average molecular weight is 295 g/mol. The fraction of sp³-hybridized carbons (Fsp3) is 0.350. The number of fused-ring (bicyclic) bond motifs is 1. The lowest BCUT2D eigenvalue weighted by Crippen LogP contribution is -2.45. The van der Waals surface area contributed by atoms with Gasteiger partial charge in [0, 0.05) is 17.6 Å². The van der Waals surface area contributed by atoms with Crippen LogP contribution in [0, 0.1) is 0 Å². The van der Waals surface area contributed by atoms with Crippen LogP contribution in [-0.4, -0.2) is 22.9 Å². The summed E-state index contributed by atoms with van der Waals surface area (Å²) in [5, 5.41) is 2.12. The smallest absolute Gasteiger partial charge is 0.255 e. The van der Waals surface area contributed by atoms with Crippen molar-refractivity contribution in [3.63, 3.8) is 0 Å². The number of benzene rings is 2. The van der Waals surface area contributed by atoms with Gasteiger partial charge in [-0.15, -0.1) is 0 Å². The van der Waals surface area contributed by atoms with Crippen LogP contribution in [0.25, 0.3) is 10.8 Å². The van der Waals surface area contributed by atoms with E-state index in [0.717, 1.165) is 16.3 Å². The first kappa shape index (κ1) is 16.3. The molecule has 0 atom stereocenters. The Labute approximate surface area is 133 Å². The maximum absolute atomic E-state index is 13.1. The zero-order valence-corrected chi connectivity index (χ0v) is 14.2. The van der Waals surface area contributed by atoms with E-state index < -0.39 is 0 Å². The second-order valence-electron chi connectivity index (χ2n) is 6.89. The van der Waals surface area contributed by atoms with Crippen LogP contribution in [-0.2, 0) is 0 Å². The molecule has 0 fully saturated rings. The Bertz CT molecular complexity index is 698. The largest absolute Gasteiger partial charge is 0.330 e. The molecule has 0 aromatic heterocycles. The minimum absolute atomic E-state index is 0.0850. The SMILES string of the molecule is CC(C)=CCN(C(=O)c1cccc2ccccc12)C(C)(C)C. The van der Waals surface area contributed by atoms with E-state index in [1.165, 1.54) is 5.57 Å². The van der Waals surface area contributed by atoms with E-state index in [9.17, 15) is 4.79 Å². The Kier molecular flexibility index (Phi) is 4.70.